The summed E-state index contributed by atoms with van der Waals surface area (Å²) in [5.74, 6) is 0.772. The maximum atomic E-state index is 13.8. The van der Waals surface area contributed by atoms with Gasteiger partial charge in [0.05, 0.1) is 20.6 Å². The summed E-state index contributed by atoms with van der Waals surface area (Å²) < 4.78 is 13.8. The fourth-order valence-electron chi connectivity index (χ4n) is 2.77. The molecule has 0 saturated carbocycles. The van der Waals surface area contributed by atoms with Crippen molar-refractivity contribution < 1.29 is 21.7 Å². The predicted molar refractivity (Wildman–Crippen MR) is 91.8 cm³/mol. The fraction of sp³-hybridized carbons (Fsp3) is 0.263. The smallest absolute Gasteiger partial charge is 0.123 e. The molecule has 23 heavy (non-hydrogen) atoms. The topological polar surface area (TPSA) is 4.44 Å². The van der Waals surface area contributed by atoms with E-state index in [4.69, 9.17) is 0 Å². The van der Waals surface area contributed by atoms with Crippen molar-refractivity contribution in [2.45, 2.75) is 17.1 Å². The van der Waals surface area contributed by atoms with Gasteiger partial charge >= 0.3 is 0 Å². The van der Waals surface area contributed by atoms with Crippen LogP contribution in [0.15, 0.2) is 53.4 Å². The average Bonchev–Trinajstić information content (AvgIpc) is 2.65. The molecule has 1 nitrogen and oxygen atoms in total. The Hall–Kier alpha value is -1.29. The molecule has 1 aliphatic heterocycles. The Morgan fingerprint density at radius 1 is 1.13 bits per heavy atom. The van der Waals surface area contributed by atoms with E-state index in [9.17, 15) is 4.39 Å². The van der Waals surface area contributed by atoms with Crippen LogP contribution < -0.4 is 17.3 Å². The molecule has 0 saturated heterocycles. The van der Waals surface area contributed by atoms with Gasteiger partial charge in [0.15, 0.2) is 0 Å². The lowest BCUT2D eigenvalue weighted by Gasteiger charge is -2.12. The van der Waals surface area contributed by atoms with E-state index in [1.807, 2.05) is 6.07 Å². The maximum absolute atomic E-state index is 13.8. The van der Waals surface area contributed by atoms with E-state index in [0.29, 0.717) is 0 Å². The Labute approximate surface area is 148 Å². The number of hydrogen-bond acceptors (Lipinski definition) is 1. The van der Waals surface area contributed by atoms with Gasteiger partial charge in [0.2, 0.25) is 0 Å². The summed E-state index contributed by atoms with van der Waals surface area (Å²) in [5.41, 5.74) is 4.78. The Morgan fingerprint density at radius 2 is 1.91 bits per heavy atom. The highest BCUT2D eigenvalue weighted by molar-refractivity contribution is 7.98. The Morgan fingerprint density at radius 3 is 2.70 bits per heavy atom. The Balaban J connectivity index is 0.00000192. The lowest BCUT2D eigenvalue weighted by Crippen LogP contribution is -3.05. The number of halogens is 2. The van der Waals surface area contributed by atoms with E-state index in [1.165, 1.54) is 26.5 Å². The molecule has 3 rings (SSSR count). The minimum atomic E-state index is -0.164. The lowest BCUT2D eigenvalue weighted by molar-refractivity contribution is -0.857. The van der Waals surface area contributed by atoms with Gasteiger partial charge in [-0.2, -0.15) is 0 Å². The largest absolute Gasteiger partial charge is 1.00 e. The lowest BCUT2D eigenvalue weighted by atomic mass is 9.93. The summed E-state index contributed by atoms with van der Waals surface area (Å²) in [4.78, 5) is 2.59. The minimum absolute atomic E-state index is 0. The van der Waals surface area contributed by atoms with Crippen LogP contribution in [0.25, 0.3) is 5.57 Å². The number of nitrogens with one attached hydrogen (secondary N) is 1. The van der Waals surface area contributed by atoms with Gasteiger partial charge in [-0.3, -0.25) is 0 Å². The molecule has 0 aliphatic carbocycles. The van der Waals surface area contributed by atoms with Gasteiger partial charge in [-0.1, -0.05) is 30.3 Å². The van der Waals surface area contributed by atoms with E-state index in [1.54, 1.807) is 23.9 Å². The van der Waals surface area contributed by atoms with E-state index in [0.717, 1.165) is 24.3 Å². The number of rotatable bonds is 3. The maximum Gasteiger partial charge on any atom is 0.123 e. The van der Waals surface area contributed by atoms with Crippen molar-refractivity contribution >= 4 is 17.3 Å². The molecular weight excluding hydrogens is 329 g/mol. The third-order valence-electron chi connectivity index (χ3n) is 3.92. The van der Waals surface area contributed by atoms with Crippen LogP contribution in [0.4, 0.5) is 4.39 Å². The Kier molecular flexibility index (Phi) is 6.28. The van der Waals surface area contributed by atoms with Gasteiger partial charge in [-0.05, 0) is 40.5 Å². The van der Waals surface area contributed by atoms with Crippen LogP contribution in [0.2, 0.25) is 0 Å². The monoisotopic (exact) mass is 349 g/mol. The quantitative estimate of drug-likeness (QED) is 0.840. The molecule has 1 aliphatic rings. The minimum Gasteiger partial charge on any atom is -1.00 e. The highest BCUT2D eigenvalue weighted by atomic mass is 35.5. The van der Waals surface area contributed by atoms with Crippen LogP contribution in [0.3, 0.4) is 0 Å². The summed E-state index contributed by atoms with van der Waals surface area (Å²) in [6.07, 6.45) is 3.27. The van der Waals surface area contributed by atoms with E-state index < -0.39 is 0 Å². The first-order valence-corrected chi connectivity index (χ1v) is 8.64. The molecular formula is C19H21ClFNS. The van der Waals surface area contributed by atoms with Gasteiger partial charge in [0, 0.05) is 17.1 Å². The second-order valence-electron chi connectivity index (χ2n) is 5.95. The molecule has 2 aromatic carbocycles. The van der Waals surface area contributed by atoms with Gasteiger partial charge in [-0.15, -0.1) is 11.8 Å². The summed E-state index contributed by atoms with van der Waals surface area (Å²) in [7, 11) is 4.31. The first kappa shape index (κ1) is 18.1. The molecule has 0 fully saturated rings. The van der Waals surface area contributed by atoms with Crippen LogP contribution in [0, 0.1) is 5.82 Å². The van der Waals surface area contributed by atoms with Gasteiger partial charge < -0.3 is 17.3 Å². The SMILES string of the molecule is C[NH+](C)CC/C=C1/c2ccccc2CSc2ccc(F)cc21.[Cl-]. The molecule has 0 bridgehead atoms. The molecule has 0 atom stereocenters. The summed E-state index contributed by atoms with van der Waals surface area (Å²) in [6.45, 7) is 1.07. The molecule has 0 aromatic heterocycles. The van der Waals surface area contributed by atoms with E-state index >= 15 is 0 Å². The van der Waals surface area contributed by atoms with Crippen molar-refractivity contribution in [1.29, 1.82) is 0 Å². The van der Waals surface area contributed by atoms with E-state index in [-0.39, 0.29) is 18.2 Å². The van der Waals surface area contributed by atoms with Crippen molar-refractivity contribution in [1.82, 2.24) is 0 Å². The number of hydrogen-bond donors (Lipinski definition) is 1. The summed E-state index contributed by atoms with van der Waals surface area (Å²) >= 11 is 1.79. The van der Waals surface area contributed by atoms with Gasteiger partial charge in [-0.25, -0.2) is 4.39 Å². The highest BCUT2D eigenvalue weighted by Gasteiger charge is 2.18. The summed E-state index contributed by atoms with van der Waals surface area (Å²) in [6, 6.07) is 13.6. The molecule has 0 spiro atoms. The highest BCUT2D eigenvalue weighted by Crippen LogP contribution is 2.40. The molecule has 122 valence electrons. The van der Waals surface area contributed by atoms with E-state index in [2.05, 4.69) is 44.4 Å². The van der Waals surface area contributed by atoms with Crippen molar-refractivity contribution in [2.24, 2.45) is 0 Å². The number of quaternary nitrogens is 1. The third-order valence-corrected chi connectivity index (χ3v) is 5.04. The standard InChI is InChI=1S/C19H20FNS.ClH/c1-21(2)11-5-8-17-16-7-4-3-6-14(16)13-22-19-10-9-15(20)12-18(17)19;/h3-4,6-10,12H,5,11,13H2,1-2H3;1H/b17-8-;. The second kappa shape index (κ2) is 8.00. The zero-order valence-corrected chi connectivity index (χ0v) is 15.0. The summed E-state index contributed by atoms with van der Waals surface area (Å²) in [5, 5.41) is 0. The normalized spacial score (nSPS) is 14.9. The second-order valence-corrected chi connectivity index (χ2v) is 6.97. The number of thioether (sulfide) groups is 1. The van der Waals surface area contributed by atoms with Crippen LogP contribution in [0.1, 0.15) is 23.1 Å². The van der Waals surface area contributed by atoms with Crippen LogP contribution in [-0.4, -0.2) is 20.6 Å². The third kappa shape index (κ3) is 4.17. The molecule has 0 amide bonds. The van der Waals surface area contributed by atoms with Crippen molar-refractivity contribution in [3.05, 3.63) is 71.0 Å². The zero-order valence-electron chi connectivity index (χ0n) is 13.4. The Bertz CT molecular complexity index is 712. The molecule has 1 heterocycles. The average molecular weight is 350 g/mol. The van der Waals surface area contributed by atoms with Crippen molar-refractivity contribution in [2.75, 3.05) is 20.6 Å². The van der Waals surface area contributed by atoms with Crippen molar-refractivity contribution in [3.8, 4) is 0 Å². The van der Waals surface area contributed by atoms with Crippen molar-refractivity contribution in [3.63, 3.8) is 0 Å². The van der Waals surface area contributed by atoms with Crippen LogP contribution in [-0.2, 0) is 5.75 Å². The van der Waals surface area contributed by atoms with Crippen LogP contribution in [0.5, 0.6) is 0 Å². The molecule has 1 N–H and O–H groups in total. The van der Waals surface area contributed by atoms with Crippen LogP contribution >= 0.6 is 11.8 Å². The predicted octanol–water partition coefficient (Wildman–Crippen LogP) is 0.402. The first-order chi connectivity index (χ1) is 10.6. The molecule has 2 aromatic rings. The first-order valence-electron chi connectivity index (χ1n) is 7.65. The van der Waals surface area contributed by atoms with Gasteiger partial charge in [0.25, 0.3) is 0 Å². The molecule has 0 radical (unpaired) electrons. The zero-order chi connectivity index (χ0) is 15.5. The number of benzene rings is 2. The fourth-order valence-corrected chi connectivity index (χ4v) is 3.82. The molecule has 4 heteroatoms. The van der Waals surface area contributed by atoms with Gasteiger partial charge in [0.1, 0.15) is 5.82 Å². The number of fused-ring (bicyclic) bond motifs is 2. The molecule has 0 unspecified atom stereocenters.